The molecule has 0 amide bonds. The first kappa shape index (κ1) is 13.4. The third kappa shape index (κ3) is 3.10. The van der Waals surface area contributed by atoms with Crippen molar-refractivity contribution in [3.8, 4) is 6.07 Å². The number of halogens is 1. The van der Waals surface area contributed by atoms with E-state index in [4.69, 9.17) is 5.26 Å². The zero-order valence-electron chi connectivity index (χ0n) is 11.6. The van der Waals surface area contributed by atoms with Gasteiger partial charge < -0.3 is 10.2 Å². The van der Waals surface area contributed by atoms with Crippen molar-refractivity contribution < 1.29 is 4.39 Å². The molecule has 1 aromatic carbocycles. The van der Waals surface area contributed by atoms with Crippen LogP contribution in [0.3, 0.4) is 0 Å². The molecule has 1 saturated carbocycles. The molecule has 0 spiro atoms. The lowest BCUT2D eigenvalue weighted by Gasteiger charge is -2.28. The molecule has 0 aromatic heterocycles. The summed E-state index contributed by atoms with van der Waals surface area (Å²) in [7, 11) is 0. The SMILES string of the molecule is N#Cc1ccc(N(CC2CC2)CC2CCCN2)c(F)c1. The van der Waals surface area contributed by atoms with Crippen molar-refractivity contribution in [2.24, 2.45) is 5.92 Å². The van der Waals surface area contributed by atoms with Crippen LogP contribution in [0.2, 0.25) is 0 Å². The molecule has 1 unspecified atom stereocenters. The Morgan fingerprint density at radius 2 is 2.15 bits per heavy atom. The van der Waals surface area contributed by atoms with E-state index in [-0.39, 0.29) is 5.82 Å². The monoisotopic (exact) mass is 273 g/mol. The Bertz CT molecular complexity index is 513. The minimum Gasteiger partial charge on any atom is -0.367 e. The molecule has 1 heterocycles. The molecule has 106 valence electrons. The highest BCUT2D eigenvalue weighted by atomic mass is 19.1. The fourth-order valence-corrected chi connectivity index (χ4v) is 2.89. The first-order valence-corrected chi connectivity index (χ1v) is 7.44. The summed E-state index contributed by atoms with van der Waals surface area (Å²) in [4.78, 5) is 2.16. The summed E-state index contributed by atoms with van der Waals surface area (Å²) in [6.45, 7) is 2.86. The normalized spacial score (nSPS) is 21.7. The fourth-order valence-electron chi connectivity index (χ4n) is 2.89. The Hall–Kier alpha value is -1.60. The van der Waals surface area contributed by atoms with Crippen LogP contribution in [0.15, 0.2) is 18.2 Å². The summed E-state index contributed by atoms with van der Waals surface area (Å²) in [5.74, 6) is 0.439. The maximum Gasteiger partial charge on any atom is 0.147 e. The van der Waals surface area contributed by atoms with Crippen molar-refractivity contribution in [2.45, 2.75) is 31.7 Å². The second-order valence-electron chi connectivity index (χ2n) is 5.92. The van der Waals surface area contributed by atoms with Gasteiger partial charge in [0.1, 0.15) is 5.82 Å². The predicted octanol–water partition coefficient (Wildman–Crippen LogP) is 2.67. The number of nitriles is 1. The summed E-state index contributed by atoms with van der Waals surface area (Å²) < 4.78 is 14.2. The van der Waals surface area contributed by atoms with E-state index >= 15 is 0 Å². The van der Waals surface area contributed by atoms with E-state index in [1.807, 2.05) is 6.07 Å². The molecule has 1 atom stereocenters. The molecule has 0 radical (unpaired) electrons. The summed E-state index contributed by atoms with van der Waals surface area (Å²) in [5.41, 5.74) is 1.03. The van der Waals surface area contributed by atoms with Crippen LogP contribution in [-0.4, -0.2) is 25.7 Å². The van der Waals surface area contributed by atoms with Crippen LogP contribution in [-0.2, 0) is 0 Å². The van der Waals surface area contributed by atoms with Crippen LogP contribution >= 0.6 is 0 Å². The molecule has 1 aromatic rings. The van der Waals surface area contributed by atoms with Crippen LogP contribution in [0.4, 0.5) is 10.1 Å². The van der Waals surface area contributed by atoms with Crippen LogP contribution in [0.1, 0.15) is 31.2 Å². The zero-order chi connectivity index (χ0) is 13.9. The number of nitrogens with zero attached hydrogens (tertiary/aromatic N) is 2. The highest BCUT2D eigenvalue weighted by molar-refractivity contribution is 5.51. The first-order valence-electron chi connectivity index (χ1n) is 7.44. The van der Waals surface area contributed by atoms with Crippen LogP contribution in [0.25, 0.3) is 0 Å². The Morgan fingerprint density at radius 3 is 2.75 bits per heavy atom. The van der Waals surface area contributed by atoms with Crippen molar-refractivity contribution in [2.75, 3.05) is 24.5 Å². The van der Waals surface area contributed by atoms with Gasteiger partial charge in [-0.15, -0.1) is 0 Å². The molecule has 1 N–H and O–H groups in total. The predicted molar refractivity (Wildman–Crippen MR) is 77.1 cm³/mol. The average Bonchev–Trinajstić information content (AvgIpc) is 3.11. The Labute approximate surface area is 119 Å². The lowest BCUT2D eigenvalue weighted by atomic mass is 10.1. The second kappa shape index (κ2) is 5.80. The maximum absolute atomic E-state index is 14.2. The number of hydrogen-bond acceptors (Lipinski definition) is 3. The van der Waals surface area contributed by atoms with Crippen LogP contribution in [0.5, 0.6) is 0 Å². The molecule has 0 bridgehead atoms. The van der Waals surface area contributed by atoms with E-state index in [1.165, 1.54) is 31.7 Å². The van der Waals surface area contributed by atoms with Gasteiger partial charge in [0.2, 0.25) is 0 Å². The van der Waals surface area contributed by atoms with E-state index in [0.717, 1.165) is 19.6 Å². The summed E-state index contributed by atoms with van der Waals surface area (Å²) in [6, 6.07) is 7.26. The third-order valence-corrected chi connectivity index (χ3v) is 4.20. The van der Waals surface area contributed by atoms with Gasteiger partial charge in [-0.05, 0) is 56.3 Å². The largest absolute Gasteiger partial charge is 0.367 e. The van der Waals surface area contributed by atoms with Crippen LogP contribution in [0, 0.1) is 23.1 Å². The summed E-state index contributed by atoms with van der Waals surface area (Å²) >= 11 is 0. The van der Waals surface area contributed by atoms with Gasteiger partial charge >= 0.3 is 0 Å². The molecular weight excluding hydrogens is 253 g/mol. The topological polar surface area (TPSA) is 39.1 Å². The molecule has 2 fully saturated rings. The molecule has 2 aliphatic rings. The number of nitrogens with one attached hydrogen (secondary N) is 1. The minimum absolute atomic E-state index is 0.275. The fraction of sp³-hybridized carbons (Fsp3) is 0.562. The molecule has 20 heavy (non-hydrogen) atoms. The van der Waals surface area contributed by atoms with Crippen molar-refractivity contribution >= 4 is 5.69 Å². The number of rotatable bonds is 5. The third-order valence-electron chi connectivity index (χ3n) is 4.20. The Morgan fingerprint density at radius 1 is 1.30 bits per heavy atom. The number of hydrogen-bond donors (Lipinski definition) is 1. The van der Waals surface area contributed by atoms with Gasteiger partial charge in [-0.2, -0.15) is 5.26 Å². The van der Waals surface area contributed by atoms with E-state index in [0.29, 0.717) is 23.2 Å². The quantitative estimate of drug-likeness (QED) is 0.896. The molecule has 4 heteroatoms. The van der Waals surface area contributed by atoms with Gasteiger partial charge in [0.15, 0.2) is 0 Å². The number of anilines is 1. The number of benzene rings is 1. The summed E-state index contributed by atoms with van der Waals surface area (Å²) in [5, 5.41) is 12.3. The van der Waals surface area contributed by atoms with Crippen molar-refractivity contribution in [1.82, 2.24) is 5.32 Å². The lowest BCUT2D eigenvalue weighted by molar-refractivity contribution is 0.555. The van der Waals surface area contributed by atoms with E-state index < -0.39 is 0 Å². The smallest absolute Gasteiger partial charge is 0.147 e. The average molecular weight is 273 g/mol. The molecule has 1 saturated heterocycles. The standard InChI is InChI=1S/C16H20FN3/c17-15-8-13(9-18)5-6-16(15)20(10-12-3-4-12)11-14-2-1-7-19-14/h5-6,8,12,14,19H,1-4,7,10-11H2. The van der Waals surface area contributed by atoms with E-state index in [1.54, 1.807) is 12.1 Å². The van der Waals surface area contributed by atoms with Gasteiger partial charge in [0.05, 0.1) is 17.3 Å². The van der Waals surface area contributed by atoms with Crippen LogP contribution < -0.4 is 10.2 Å². The summed E-state index contributed by atoms with van der Waals surface area (Å²) in [6.07, 6.45) is 4.88. The molecular formula is C16H20FN3. The second-order valence-corrected chi connectivity index (χ2v) is 5.92. The van der Waals surface area contributed by atoms with Crippen molar-refractivity contribution in [1.29, 1.82) is 5.26 Å². The Kier molecular flexibility index (Phi) is 3.88. The van der Waals surface area contributed by atoms with Gasteiger partial charge in [0.25, 0.3) is 0 Å². The molecule has 1 aliphatic heterocycles. The van der Waals surface area contributed by atoms with E-state index in [2.05, 4.69) is 10.2 Å². The lowest BCUT2D eigenvalue weighted by Crippen LogP contribution is -2.39. The minimum atomic E-state index is -0.275. The highest BCUT2D eigenvalue weighted by Gasteiger charge is 2.27. The zero-order valence-corrected chi connectivity index (χ0v) is 11.6. The van der Waals surface area contributed by atoms with Crippen molar-refractivity contribution in [3.05, 3.63) is 29.6 Å². The van der Waals surface area contributed by atoms with Crippen molar-refractivity contribution in [3.63, 3.8) is 0 Å². The van der Waals surface area contributed by atoms with Gasteiger partial charge in [-0.3, -0.25) is 0 Å². The maximum atomic E-state index is 14.2. The molecule has 3 nitrogen and oxygen atoms in total. The van der Waals surface area contributed by atoms with Gasteiger partial charge in [0, 0.05) is 19.1 Å². The highest BCUT2D eigenvalue weighted by Crippen LogP contribution is 2.32. The Balaban J connectivity index is 1.78. The van der Waals surface area contributed by atoms with Gasteiger partial charge in [-0.25, -0.2) is 4.39 Å². The first-order chi connectivity index (χ1) is 9.76. The molecule has 1 aliphatic carbocycles. The van der Waals surface area contributed by atoms with Gasteiger partial charge in [-0.1, -0.05) is 0 Å². The van der Waals surface area contributed by atoms with E-state index in [9.17, 15) is 4.39 Å². The molecule has 3 rings (SSSR count).